The first-order valence-corrected chi connectivity index (χ1v) is 8.34. The second-order valence-corrected chi connectivity index (χ2v) is 6.21. The van der Waals surface area contributed by atoms with Crippen LogP contribution < -0.4 is 0 Å². The molecular formula is C22H21NO. The summed E-state index contributed by atoms with van der Waals surface area (Å²) in [5.74, 6) is 0. The van der Waals surface area contributed by atoms with Crippen molar-refractivity contribution in [3.8, 4) is 0 Å². The molecule has 0 aromatic heterocycles. The third-order valence-electron chi connectivity index (χ3n) is 4.85. The molecular weight excluding hydrogens is 294 g/mol. The molecule has 0 amide bonds. The first kappa shape index (κ1) is 15.1. The van der Waals surface area contributed by atoms with Gasteiger partial charge in [-0.3, -0.25) is 4.90 Å². The van der Waals surface area contributed by atoms with E-state index in [4.69, 9.17) is 4.74 Å². The molecule has 2 nitrogen and oxygen atoms in total. The SMILES string of the molecule is CN([C@@H]1CO1)C(c1ccccc1)(c1ccccc1)c1ccccc1. The van der Waals surface area contributed by atoms with Crippen LogP contribution in [0.2, 0.25) is 0 Å². The summed E-state index contributed by atoms with van der Waals surface area (Å²) in [6.45, 7) is 0.782. The van der Waals surface area contributed by atoms with Crippen LogP contribution in [-0.2, 0) is 10.3 Å². The minimum absolute atomic E-state index is 0.144. The van der Waals surface area contributed by atoms with Gasteiger partial charge in [0.15, 0.2) is 0 Å². The predicted molar refractivity (Wildman–Crippen MR) is 96.7 cm³/mol. The van der Waals surface area contributed by atoms with Crippen LogP contribution in [0.25, 0.3) is 0 Å². The number of nitrogens with zero attached hydrogens (tertiary/aromatic N) is 1. The van der Waals surface area contributed by atoms with Crippen LogP contribution in [0.5, 0.6) is 0 Å². The molecule has 0 saturated carbocycles. The molecule has 1 fully saturated rings. The summed E-state index contributed by atoms with van der Waals surface area (Å²) in [6.07, 6.45) is 0.144. The van der Waals surface area contributed by atoms with Crippen molar-refractivity contribution in [1.29, 1.82) is 0 Å². The molecule has 3 aromatic rings. The zero-order valence-corrected chi connectivity index (χ0v) is 13.8. The van der Waals surface area contributed by atoms with Gasteiger partial charge in [0.05, 0.1) is 12.1 Å². The molecule has 1 aliphatic heterocycles. The highest BCUT2D eigenvalue weighted by molar-refractivity contribution is 5.49. The van der Waals surface area contributed by atoms with E-state index in [2.05, 4.69) is 103 Å². The Morgan fingerprint density at radius 1 is 0.708 bits per heavy atom. The van der Waals surface area contributed by atoms with Gasteiger partial charge in [0.2, 0.25) is 0 Å². The lowest BCUT2D eigenvalue weighted by Crippen LogP contribution is -2.47. The lowest BCUT2D eigenvalue weighted by molar-refractivity contribution is 0.124. The monoisotopic (exact) mass is 315 g/mol. The summed E-state index contributed by atoms with van der Waals surface area (Å²) < 4.78 is 5.67. The fourth-order valence-corrected chi connectivity index (χ4v) is 3.63. The largest absolute Gasteiger partial charge is 0.357 e. The number of ether oxygens (including phenoxy) is 1. The van der Waals surface area contributed by atoms with Crippen molar-refractivity contribution in [2.24, 2.45) is 0 Å². The quantitative estimate of drug-likeness (QED) is 0.516. The van der Waals surface area contributed by atoms with Crippen molar-refractivity contribution in [3.63, 3.8) is 0 Å². The van der Waals surface area contributed by atoms with E-state index in [1.807, 2.05) is 0 Å². The van der Waals surface area contributed by atoms with Gasteiger partial charge < -0.3 is 4.74 Å². The van der Waals surface area contributed by atoms with Crippen LogP contribution in [0.4, 0.5) is 0 Å². The van der Waals surface area contributed by atoms with E-state index in [0.29, 0.717) is 0 Å². The van der Waals surface area contributed by atoms with Crippen LogP contribution in [0.15, 0.2) is 91.0 Å². The first-order valence-electron chi connectivity index (χ1n) is 8.34. The van der Waals surface area contributed by atoms with Gasteiger partial charge in [-0.25, -0.2) is 0 Å². The lowest BCUT2D eigenvalue weighted by Gasteiger charge is -2.43. The summed E-state index contributed by atoms with van der Waals surface area (Å²) in [4.78, 5) is 2.35. The average Bonchev–Trinajstić information content (AvgIpc) is 3.50. The van der Waals surface area contributed by atoms with Crippen LogP contribution >= 0.6 is 0 Å². The van der Waals surface area contributed by atoms with E-state index < -0.39 is 0 Å². The van der Waals surface area contributed by atoms with Crippen molar-refractivity contribution in [3.05, 3.63) is 108 Å². The molecule has 0 aliphatic carbocycles. The van der Waals surface area contributed by atoms with Gasteiger partial charge in [-0.2, -0.15) is 0 Å². The number of benzene rings is 3. The lowest BCUT2D eigenvalue weighted by atomic mass is 9.76. The van der Waals surface area contributed by atoms with Gasteiger partial charge >= 0.3 is 0 Å². The minimum Gasteiger partial charge on any atom is -0.357 e. The van der Waals surface area contributed by atoms with Gasteiger partial charge in [0, 0.05) is 0 Å². The van der Waals surface area contributed by atoms with Crippen molar-refractivity contribution in [2.75, 3.05) is 13.7 Å². The standard InChI is InChI=1S/C22H21NO/c1-23(21-17-24-21)22(18-11-5-2-6-12-18,19-13-7-3-8-14-19)20-15-9-4-10-16-20/h2-16,21H,17H2,1H3/t21-/m0/s1. The summed E-state index contributed by atoms with van der Waals surface area (Å²) >= 11 is 0. The van der Waals surface area contributed by atoms with E-state index >= 15 is 0 Å². The van der Waals surface area contributed by atoms with E-state index in [0.717, 1.165) is 6.61 Å². The summed E-state index contributed by atoms with van der Waals surface area (Å²) in [5, 5.41) is 0. The Kier molecular flexibility index (Phi) is 3.93. The maximum absolute atomic E-state index is 5.67. The number of hydrogen-bond acceptors (Lipinski definition) is 2. The van der Waals surface area contributed by atoms with Crippen LogP contribution in [0.3, 0.4) is 0 Å². The third kappa shape index (κ3) is 2.44. The highest BCUT2D eigenvalue weighted by Crippen LogP contribution is 2.44. The van der Waals surface area contributed by atoms with Gasteiger partial charge in [-0.15, -0.1) is 0 Å². The van der Waals surface area contributed by atoms with Gasteiger partial charge in [-0.05, 0) is 23.7 Å². The number of epoxide rings is 1. The van der Waals surface area contributed by atoms with Crippen LogP contribution in [0.1, 0.15) is 16.7 Å². The molecule has 0 N–H and O–H groups in total. The Morgan fingerprint density at radius 2 is 1.04 bits per heavy atom. The normalized spacial score (nSPS) is 17.0. The predicted octanol–water partition coefficient (Wildman–Crippen LogP) is 4.27. The fourth-order valence-electron chi connectivity index (χ4n) is 3.63. The van der Waals surface area contributed by atoms with E-state index in [9.17, 15) is 0 Å². The van der Waals surface area contributed by atoms with Gasteiger partial charge in [0.1, 0.15) is 6.23 Å². The van der Waals surface area contributed by atoms with Gasteiger partial charge in [-0.1, -0.05) is 91.0 Å². The molecule has 120 valence electrons. The first-order chi connectivity index (χ1) is 11.8. The second-order valence-electron chi connectivity index (χ2n) is 6.21. The molecule has 0 spiro atoms. The Labute approximate surface area is 143 Å². The Morgan fingerprint density at radius 3 is 1.33 bits per heavy atom. The topological polar surface area (TPSA) is 15.8 Å². The minimum atomic E-state index is -0.370. The molecule has 0 unspecified atom stereocenters. The Hall–Kier alpha value is -2.42. The van der Waals surface area contributed by atoms with Crippen molar-refractivity contribution >= 4 is 0 Å². The molecule has 2 heteroatoms. The van der Waals surface area contributed by atoms with Gasteiger partial charge in [0.25, 0.3) is 0 Å². The van der Waals surface area contributed by atoms with Crippen molar-refractivity contribution < 1.29 is 4.74 Å². The second kappa shape index (κ2) is 6.23. The smallest absolute Gasteiger partial charge is 0.135 e. The molecule has 3 aromatic carbocycles. The number of hydrogen-bond donors (Lipinski definition) is 0. The molecule has 4 rings (SSSR count). The summed E-state index contributed by atoms with van der Waals surface area (Å²) in [5.41, 5.74) is 3.38. The summed E-state index contributed by atoms with van der Waals surface area (Å²) in [6, 6.07) is 32.1. The highest BCUT2D eigenvalue weighted by atomic mass is 16.6. The number of rotatable bonds is 5. The zero-order valence-electron chi connectivity index (χ0n) is 13.8. The van der Waals surface area contributed by atoms with E-state index in [-0.39, 0.29) is 11.8 Å². The molecule has 1 saturated heterocycles. The molecule has 1 aliphatic rings. The molecule has 24 heavy (non-hydrogen) atoms. The van der Waals surface area contributed by atoms with Crippen LogP contribution in [-0.4, -0.2) is 24.8 Å². The molecule has 1 heterocycles. The average molecular weight is 315 g/mol. The maximum Gasteiger partial charge on any atom is 0.135 e. The zero-order chi connectivity index (χ0) is 16.4. The third-order valence-corrected chi connectivity index (χ3v) is 4.85. The van der Waals surface area contributed by atoms with Crippen LogP contribution in [0, 0.1) is 0 Å². The van der Waals surface area contributed by atoms with E-state index in [1.54, 1.807) is 0 Å². The molecule has 0 bridgehead atoms. The highest BCUT2D eigenvalue weighted by Gasteiger charge is 2.46. The Bertz CT molecular complexity index is 685. The fraction of sp³-hybridized carbons (Fsp3) is 0.182. The summed E-state index contributed by atoms with van der Waals surface area (Å²) in [7, 11) is 2.16. The van der Waals surface area contributed by atoms with Crippen molar-refractivity contribution in [1.82, 2.24) is 4.90 Å². The van der Waals surface area contributed by atoms with E-state index in [1.165, 1.54) is 16.7 Å². The molecule has 1 atom stereocenters. The molecule has 0 radical (unpaired) electrons. The Balaban J connectivity index is 2.03. The van der Waals surface area contributed by atoms with Crippen molar-refractivity contribution in [2.45, 2.75) is 11.8 Å². The number of likely N-dealkylation sites (N-methyl/N-ethyl adjacent to an activating group) is 1. The maximum atomic E-state index is 5.67.